The third-order valence-corrected chi connectivity index (χ3v) is 4.91. The zero-order valence-corrected chi connectivity index (χ0v) is 18.7. The summed E-state index contributed by atoms with van der Waals surface area (Å²) in [6.07, 6.45) is 1.87. The molecule has 7 heteroatoms. The molecule has 1 unspecified atom stereocenters. The summed E-state index contributed by atoms with van der Waals surface area (Å²) < 4.78 is 16.1. The van der Waals surface area contributed by atoms with E-state index in [0.29, 0.717) is 23.8 Å². The fourth-order valence-electron chi connectivity index (χ4n) is 2.99. The van der Waals surface area contributed by atoms with Crippen LogP contribution in [-0.4, -0.2) is 50.1 Å². The number of rotatable bonds is 12. The van der Waals surface area contributed by atoms with Crippen LogP contribution in [0.3, 0.4) is 0 Å². The predicted octanol–water partition coefficient (Wildman–Crippen LogP) is 3.42. The van der Waals surface area contributed by atoms with Gasteiger partial charge >= 0.3 is 0 Å². The first-order valence-corrected chi connectivity index (χ1v) is 10.5. The van der Waals surface area contributed by atoms with Crippen molar-refractivity contribution < 1.29 is 23.8 Å². The van der Waals surface area contributed by atoms with Crippen molar-refractivity contribution in [2.45, 2.75) is 39.3 Å². The molecule has 1 atom stereocenters. The van der Waals surface area contributed by atoms with Gasteiger partial charge in [0, 0.05) is 13.1 Å². The maximum Gasteiger partial charge on any atom is 0.261 e. The lowest BCUT2D eigenvalue weighted by molar-refractivity contribution is -0.142. The fraction of sp³-hybridized carbons (Fsp3) is 0.417. The van der Waals surface area contributed by atoms with E-state index in [4.69, 9.17) is 14.2 Å². The van der Waals surface area contributed by atoms with Gasteiger partial charge in [-0.05, 0) is 55.3 Å². The highest BCUT2D eigenvalue weighted by atomic mass is 16.5. The number of carbonyl (C=O) groups is 2. The average molecular weight is 429 g/mol. The Hall–Kier alpha value is -3.22. The minimum absolute atomic E-state index is 0.178. The van der Waals surface area contributed by atoms with E-state index in [1.54, 1.807) is 45.4 Å². The van der Waals surface area contributed by atoms with E-state index in [1.807, 2.05) is 24.3 Å². The Morgan fingerprint density at radius 1 is 1.00 bits per heavy atom. The van der Waals surface area contributed by atoms with Crippen LogP contribution in [0.1, 0.15) is 32.3 Å². The normalized spacial score (nSPS) is 11.4. The van der Waals surface area contributed by atoms with Crippen LogP contribution in [-0.2, 0) is 16.1 Å². The zero-order valence-electron chi connectivity index (χ0n) is 18.7. The number of nitrogens with one attached hydrogen (secondary N) is 1. The standard InChI is InChI=1S/C24H32N2O5/c1-5-6-14-25-24(28)18(2)26(16-19-8-7-9-22(15-19)30-4)23(27)17-31-21-12-10-20(29-3)11-13-21/h7-13,15,18H,5-6,14,16-17H2,1-4H3,(H,25,28). The summed E-state index contributed by atoms with van der Waals surface area (Å²) in [5.74, 6) is 1.48. The molecular formula is C24H32N2O5. The number of nitrogens with zero attached hydrogens (tertiary/aromatic N) is 1. The van der Waals surface area contributed by atoms with E-state index in [2.05, 4.69) is 12.2 Å². The van der Waals surface area contributed by atoms with Crippen molar-refractivity contribution >= 4 is 11.8 Å². The molecule has 31 heavy (non-hydrogen) atoms. The summed E-state index contributed by atoms with van der Waals surface area (Å²) in [5.41, 5.74) is 0.866. The molecule has 0 aliphatic carbocycles. The third-order valence-electron chi connectivity index (χ3n) is 4.91. The third kappa shape index (κ3) is 7.51. The Morgan fingerprint density at radius 2 is 1.68 bits per heavy atom. The average Bonchev–Trinajstić information content (AvgIpc) is 2.81. The smallest absolute Gasteiger partial charge is 0.261 e. The molecule has 2 aromatic rings. The van der Waals surface area contributed by atoms with Crippen molar-refractivity contribution in [3.8, 4) is 17.2 Å². The molecule has 0 spiro atoms. The maximum atomic E-state index is 13.0. The number of hydrogen-bond donors (Lipinski definition) is 1. The Morgan fingerprint density at radius 3 is 2.32 bits per heavy atom. The van der Waals surface area contributed by atoms with Crippen molar-refractivity contribution in [2.75, 3.05) is 27.4 Å². The van der Waals surface area contributed by atoms with E-state index in [9.17, 15) is 9.59 Å². The SMILES string of the molecule is CCCCNC(=O)C(C)N(Cc1cccc(OC)c1)C(=O)COc1ccc(OC)cc1. The molecule has 0 fully saturated rings. The molecule has 2 aromatic carbocycles. The molecule has 2 amide bonds. The van der Waals surface area contributed by atoms with Crippen LogP contribution >= 0.6 is 0 Å². The summed E-state index contributed by atoms with van der Waals surface area (Å²) in [4.78, 5) is 27.2. The second-order valence-electron chi connectivity index (χ2n) is 7.16. The molecule has 2 rings (SSSR count). The Bertz CT molecular complexity index is 838. The van der Waals surface area contributed by atoms with Gasteiger partial charge in [-0.1, -0.05) is 25.5 Å². The van der Waals surface area contributed by atoms with E-state index in [-0.39, 0.29) is 25.0 Å². The van der Waals surface area contributed by atoms with Crippen LogP contribution in [0.4, 0.5) is 0 Å². The highest BCUT2D eigenvalue weighted by Gasteiger charge is 2.26. The van der Waals surface area contributed by atoms with Crippen molar-refractivity contribution in [3.63, 3.8) is 0 Å². The summed E-state index contributed by atoms with van der Waals surface area (Å²) in [5, 5.41) is 2.90. The fourth-order valence-corrected chi connectivity index (χ4v) is 2.99. The predicted molar refractivity (Wildman–Crippen MR) is 119 cm³/mol. The number of methoxy groups -OCH3 is 2. The van der Waals surface area contributed by atoms with Crippen LogP contribution in [0, 0.1) is 0 Å². The first kappa shape index (κ1) is 24.1. The van der Waals surface area contributed by atoms with Crippen LogP contribution < -0.4 is 19.5 Å². The van der Waals surface area contributed by atoms with Gasteiger partial charge in [0.15, 0.2) is 6.61 Å². The second-order valence-corrected chi connectivity index (χ2v) is 7.16. The van der Waals surface area contributed by atoms with Gasteiger partial charge in [-0.3, -0.25) is 9.59 Å². The number of carbonyl (C=O) groups excluding carboxylic acids is 2. The summed E-state index contributed by atoms with van der Waals surface area (Å²) in [6.45, 7) is 4.47. The number of ether oxygens (including phenoxy) is 3. The number of unbranched alkanes of at least 4 members (excludes halogenated alkanes) is 1. The highest BCUT2D eigenvalue weighted by molar-refractivity contribution is 5.87. The number of benzene rings is 2. The molecular weight excluding hydrogens is 396 g/mol. The van der Waals surface area contributed by atoms with Gasteiger partial charge < -0.3 is 24.4 Å². The Balaban J connectivity index is 2.11. The van der Waals surface area contributed by atoms with Gasteiger partial charge in [0.2, 0.25) is 5.91 Å². The molecule has 7 nitrogen and oxygen atoms in total. The van der Waals surface area contributed by atoms with E-state index >= 15 is 0 Å². The van der Waals surface area contributed by atoms with Crippen molar-refractivity contribution in [1.82, 2.24) is 10.2 Å². The lowest BCUT2D eigenvalue weighted by Crippen LogP contribution is -2.49. The lowest BCUT2D eigenvalue weighted by Gasteiger charge is -2.29. The molecule has 0 aliphatic rings. The van der Waals surface area contributed by atoms with Gasteiger partial charge in [-0.15, -0.1) is 0 Å². The topological polar surface area (TPSA) is 77.1 Å². The van der Waals surface area contributed by atoms with Gasteiger partial charge in [0.1, 0.15) is 23.3 Å². The number of amides is 2. The minimum atomic E-state index is -0.643. The molecule has 0 heterocycles. The molecule has 168 valence electrons. The van der Waals surface area contributed by atoms with Crippen LogP contribution in [0.25, 0.3) is 0 Å². The summed E-state index contributed by atoms with van der Waals surface area (Å²) in [6, 6.07) is 13.8. The van der Waals surface area contributed by atoms with Crippen molar-refractivity contribution in [1.29, 1.82) is 0 Å². The molecule has 1 N–H and O–H groups in total. The Labute approximate surface area is 184 Å². The molecule has 0 bridgehead atoms. The molecule has 0 saturated carbocycles. The second kappa shape index (κ2) is 12.5. The largest absolute Gasteiger partial charge is 0.497 e. The molecule has 0 radical (unpaired) electrons. The molecule has 0 aromatic heterocycles. The van der Waals surface area contributed by atoms with E-state index in [1.165, 1.54) is 4.90 Å². The van der Waals surface area contributed by atoms with Gasteiger partial charge in [-0.25, -0.2) is 0 Å². The van der Waals surface area contributed by atoms with E-state index < -0.39 is 6.04 Å². The molecule has 0 saturated heterocycles. The monoisotopic (exact) mass is 428 g/mol. The van der Waals surface area contributed by atoms with Crippen molar-refractivity contribution in [3.05, 3.63) is 54.1 Å². The highest BCUT2D eigenvalue weighted by Crippen LogP contribution is 2.19. The van der Waals surface area contributed by atoms with Gasteiger partial charge in [-0.2, -0.15) is 0 Å². The number of hydrogen-bond acceptors (Lipinski definition) is 5. The summed E-state index contributed by atoms with van der Waals surface area (Å²) in [7, 11) is 3.18. The first-order valence-electron chi connectivity index (χ1n) is 10.5. The van der Waals surface area contributed by atoms with Gasteiger partial charge in [0.25, 0.3) is 5.91 Å². The lowest BCUT2D eigenvalue weighted by atomic mass is 10.1. The van der Waals surface area contributed by atoms with Crippen LogP contribution in [0.5, 0.6) is 17.2 Å². The van der Waals surface area contributed by atoms with Crippen LogP contribution in [0.15, 0.2) is 48.5 Å². The quantitative estimate of drug-likeness (QED) is 0.524. The zero-order chi connectivity index (χ0) is 22.6. The van der Waals surface area contributed by atoms with E-state index in [0.717, 1.165) is 18.4 Å². The minimum Gasteiger partial charge on any atom is -0.497 e. The van der Waals surface area contributed by atoms with Gasteiger partial charge in [0.05, 0.1) is 14.2 Å². The first-order chi connectivity index (χ1) is 15.0. The Kier molecular flexibility index (Phi) is 9.68. The van der Waals surface area contributed by atoms with Crippen molar-refractivity contribution in [2.24, 2.45) is 0 Å². The van der Waals surface area contributed by atoms with Crippen LogP contribution in [0.2, 0.25) is 0 Å². The summed E-state index contributed by atoms with van der Waals surface area (Å²) >= 11 is 0. The maximum absolute atomic E-state index is 13.0. The molecule has 0 aliphatic heterocycles.